The van der Waals surface area contributed by atoms with Gasteiger partial charge in [0, 0.05) is 11.3 Å². The molecule has 0 saturated carbocycles. The Morgan fingerprint density at radius 1 is 1.11 bits per heavy atom. The van der Waals surface area contributed by atoms with Gasteiger partial charge in [0.1, 0.15) is 11.3 Å². The van der Waals surface area contributed by atoms with Crippen LogP contribution < -0.4 is 20.7 Å². The lowest BCUT2D eigenvalue weighted by Gasteiger charge is -2.21. The number of rotatable bonds is 4. The molecule has 4 amide bonds. The summed E-state index contributed by atoms with van der Waals surface area (Å²) < 4.78 is 40.3. The highest BCUT2D eigenvalue weighted by Gasteiger charge is 2.43. The number of hydrogen-bond acceptors (Lipinski definition) is 4. The average Bonchev–Trinajstić information content (AvgIpc) is 2.87. The van der Waals surface area contributed by atoms with Crippen molar-refractivity contribution in [3.63, 3.8) is 0 Å². The van der Waals surface area contributed by atoms with Crippen LogP contribution in [0, 0.1) is 0 Å². The minimum Gasteiger partial charge on any atom is -0.406 e. The Hall–Kier alpha value is -3.56. The molecule has 3 rings (SSSR count). The molecule has 0 aromatic heterocycles. The number of urea groups is 1. The summed E-state index contributed by atoms with van der Waals surface area (Å²) in [6.45, 7) is 1.52. The molecule has 0 unspecified atom stereocenters. The van der Waals surface area contributed by atoms with E-state index in [2.05, 4.69) is 20.7 Å². The summed E-state index contributed by atoms with van der Waals surface area (Å²) in [6, 6.07) is 10.1. The average molecular weight is 393 g/mol. The maximum atomic E-state index is 12.3. The van der Waals surface area contributed by atoms with E-state index in [-0.39, 0.29) is 5.56 Å². The van der Waals surface area contributed by atoms with Crippen molar-refractivity contribution in [2.75, 3.05) is 5.32 Å². The summed E-state index contributed by atoms with van der Waals surface area (Å²) in [6.07, 6.45) is -4.82. The van der Waals surface area contributed by atoms with Crippen LogP contribution in [0.4, 0.5) is 23.7 Å². The number of ether oxygens (including phenoxy) is 1. The molecule has 1 heterocycles. The van der Waals surface area contributed by atoms with Crippen LogP contribution in [0.3, 0.4) is 0 Å². The Kier molecular flexibility index (Phi) is 4.72. The van der Waals surface area contributed by atoms with Gasteiger partial charge in [0.15, 0.2) is 0 Å². The van der Waals surface area contributed by atoms with E-state index in [4.69, 9.17) is 0 Å². The molecule has 1 fully saturated rings. The van der Waals surface area contributed by atoms with Crippen LogP contribution in [0.1, 0.15) is 22.8 Å². The van der Waals surface area contributed by atoms with Crippen molar-refractivity contribution < 1.29 is 32.3 Å². The third kappa shape index (κ3) is 4.05. The van der Waals surface area contributed by atoms with Gasteiger partial charge in [-0.1, -0.05) is 12.1 Å². The van der Waals surface area contributed by atoms with Crippen LogP contribution in [0.15, 0.2) is 48.5 Å². The number of imide groups is 1. The maximum Gasteiger partial charge on any atom is 0.573 e. The number of benzene rings is 2. The van der Waals surface area contributed by atoms with Gasteiger partial charge in [-0.25, -0.2) is 4.79 Å². The zero-order chi connectivity index (χ0) is 20.5. The van der Waals surface area contributed by atoms with E-state index in [1.165, 1.54) is 25.1 Å². The van der Waals surface area contributed by atoms with Crippen LogP contribution in [-0.2, 0) is 10.3 Å². The van der Waals surface area contributed by atoms with Crippen molar-refractivity contribution in [1.29, 1.82) is 0 Å². The number of anilines is 1. The van der Waals surface area contributed by atoms with Crippen LogP contribution >= 0.6 is 0 Å². The quantitative estimate of drug-likeness (QED) is 0.696. The molecule has 2 aromatic carbocycles. The van der Waals surface area contributed by atoms with Crippen molar-refractivity contribution in [1.82, 2.24) is 10.6 Å². The smallest absolute Gasteiger partial charge is 0.406 e. The molecule has 28 heavy (non-hydrogen) atoms. The van der Waals surface area contributed by atoms with Crippen LogP contribution in [-0.4, -0.2) is 24.2 Å². The molecule has 1 aliphatic heterocycles. The SMILES string of the molecule is C[C@]1(c2cccc(NC(=O)c3ccc(OC(F)(F)F)cc3)c2)NC(=O)NC1=O. The first-order valence-corrected chi connectivity index (χ1v) is 7.98. The van der Waals surface area contributed by atoms with Gasteiger partial charge in [0.05, 0.1) is 0 Å². The minimum absolute atomic E-state index is 0.109. The van der Waals surface area contributed by atoms with Gasteiger partial charge in [0.25, 0.3) is 11.8 Å². The predicted molar refractivity (Wildman–Crippen MR) is 91.5 cm³/mol. The molecule has 146 valence electrons. The molecule has 0 bridgehead atoms. The topological polar surface area (TPSA) is 96.5 Å². The number of hydrogen-bond donors (Lipinski definition) is 3. The highest BCUT2D eigenvalue weighted by Crippen LogP contribution is 2.27. The monoisotopic (exact) mass is 393 g/mol. The predicted octanol–water partition coefficient (Wildman–Crippen LogP) is 2.89. The number of amides is 4. The molecular formula is C18H14F3N3O4. The van der Waals surface area contributed by atoms with Gasteiger partial charge in [0.2, 0.25) is 0 Å². The lowest BCUT2D eigenvalue weighted by Crippen LogP contribution is -2.40. The van der Waals surface area contributed by atoms with Crippen molar-refractivity contribution in [3.05, 3.63) is 59.7 Å². The molecule has 2 aromatic rings. The Labute approximate surface area is 156 Å². The molecule has 10 heteroatoms. The zero-order valence-corrected chi connectivity index (χ0v) is 14.4. The standard InChI is InChI=1S/C18H14F3N3O4/c1-17(15(26)23-16(27)24-17)11-3-2-4-12(9-11)22-14(25)10-5-7-13(8-6-10)28-18(19,20)21/h2-9H,1H3,(H,22,25)(H2,23,24,26,27)/t17-/m1/s1. The van der Waals surface area contributed by atoms with E-state index in [0.717, 1.165) is 12.1 Å². The highest BCUT2D eigenvalue weighted by molar-refractivity contribution is 6.07. The van der Waals surface area contributed by atoms with Gasteiger partial charge < -0.3 is 15.4 Å². The summed E-state index contributed by atoms with van der Waals surface area (Å²) in [5, 5.41) is 7.25. The van der Waals surface area contributed by atoms with E-state index in [9.17, 15) is 27.6 Å². The first-order chi connectivity index (χ1) is 13.1. The largest absolute Gasteiger partial charge is 0.573 e. The van der Waals surface area contributed by atoms with E-state index < -0.39 is 35.5 Å². The Bertz CT molecular complexity index is 944. The molecule has 0 spiro atoms. The van der Waals surface area contributed by atoms with Gasteiger partial charge in [-0.3, -0.25) is 14.9 Å². The second kappa shape index (κ2) is 6.87. The first kappa shape index (κ1) is 19.2. The van der Waals surface area contributed by atoms with Gasteiger partial charge in [-0.15, -0.1) is 13.2 Å². The fourth-order valence-electron chi connectivity index (χ4n) is 2.67. The third-order valence-corrected chi connectivity index (χ3v) is 4.09. The number of alkyl halides is 3. The number of carbonyl (C=O) groups excluding carboxylic acids is 3. The summed E-state index contributed by atoms with van der Waals surface area (Å²) >= 11 is 0. The molecule has 0 aliphatic carbocycles. The Morgan fingerprint density at radius 3 is 2.36 bits per heavy atom. The van der Waals surface area contributed by atoms with Gasteiger partial charge in [-0.2, -0.15) is 0 Å². The highest BCUT2D eigenvalue weighted by atomic mass is 19.4. The van der Waals surface area contributed by atoms with E-state index in [0.29, 0.717) is 11.3 Å². The zero-order valence-electron chi connectivity index (χ0n) is 14.4. The van der Waals surface area contributed by atoms with Crippen molar-refractivity contribution in [2.24, 2.45) is 0 Å². The second-order valence-corrected chi connectivity index (χ2v) is 6.14. The fourth-order valence-corrected chi connectivity index (χ4v) is 2.67. The lowest BCUT2D eigenvalue weighted by molar-refractivity contribution is -0.274. The number of carbonyl (C=O) groups is 3. The van der Waals surface area contributed by atoms with E-state index >= 15 is 0 Å². The summed E-state index contributed by atoms with van der Waals surface area (Å²) in [5.74, 6) is -1.54. The number of nitrogens with one attached hydrogen (secondary N) is 3. The minimum atomic E-state index is -4.82. The van der Waals surface area contributed by atoms with Gasteiger partial charge >= 0.3 is 12.4 Å². The van der Waals surface area contributed by atoms with Crippen molar-refractivity contribution >= 4 is 23.5 Å². The second-order valence-electron chi connectivity index (χ2n) is 6.14. The third-order valence-electron chi connectivity index (χ3n) is 4.09. The molecule has 1 saturated heterocycles. The first-order valence-electron chi connectivity index (χ1n) is 7.98. The summed E-state index contributed by atoms with van der Waals surface area (Å²) in [5.41, 5.74) is -0.386. The summed E-state index contributed by atoms with van der Waals surface area (Å²) in [4.78, 5) is 35.7. The lowest BCUT2D eigenvalue weighted by atomic mass is 9.92. The van der Waals surface area contributed by atoms with E-state index in [1.54, 1.807) is 18.2 Å². The van der Waals surface area contributed by atoms with Crippen molar-refractivity contribution in [3.8, 4) is 5.75 Å². The fraction of sp³-hybridized carbons (Fsp3) is 0.167. The molecule has 0 radical (unpaired) electrons. The van der Waals surface area contributed by atoms with Gasteiger partial charge in [-0.05, 0) is 48.9 Å². The van der Waals surface area contributed by atoms with E-state index in [1.807, 2.05) is 0 Å². The van der Waals surface area contributed by atoms with Crippen molar-refractivity contribution in [2.45, 2.75) is 18.8 Å². The molecule has 3 N–H and O–H groups in total. The molecule has 7 nitrogen and oxygen atoms in total. The Balaban J connectivity index is 1.75. The maximum absolute atomic E-state index is 12.3. The van der Waals surface area contributed by atoms with Crippen LogP contribution in [0.25, 0.3) is 0 Å². The summed E-state index contributed by atoms with van der Waals surface area (Å²) in [7, 11) is 0. The van der Waals surface area contributed by atoms with Crippen LogP contribution in [0.2, 0.25) is 0 Å². The Morgan fingerprint density at radius 2 is 1.79 bits per heavy atom. The molecular weight excluding hydrogens is 379 g/mol. The number of halogens is 3. The normalized spacial score (nSPS) is 19.0. The molecule has 1 atom stereocenters. The molecule has 1 aliphatic rings. The van der Waals surface area contributed by atoms with Crippen LogP contribution in [0.5, 0.6) is 5.75 Å².